The SMILES string of the molecule is CSCCNc1nccc(N2CCNCC2)n1. The van der Waals surface area contributed by atoms with Gasteiger partial charge in [-0.1, -0.05) is 0 Å². The third-order valence-electron chi connectivity index (χ3n) is 2.67. The van der Waals surface area contributed by atoms with Crippen molar-refractivity contribution in [1.82, 2.24) is 15.3 Å². The third kappa shape index (κ3) is 3.74. The van der Waals surface area contributed by atoms with Crippen LogP contribution in [0, 0.1) is 0 Å². The van der Waals surface area contributed by atoms with Crippen molar-refractivity contribution in [1.29, 1.82) is 0 Å². The summed E-state index contributed by atoms with van der Waals surface area (Å²) in [6, 6.07) is 1.98. The van der Waals surface area contributed by atoms with Crippen LogP contribution in [0.1, 0.15) is 0 Å². The first-order valence-electron chi connectivity index (χ1n) is 5.91. The number of hydrogen-bond donors (Lipinski definition) is 2. The van der Waals surface area contributed by atoms with E-state index in [1.54, 1.807) is 0 Å². The predicted molar refractivity (Wildman–Crippen MR) is 74.0 cm³/mol. The van der Waals surface area contributed by atoms with Gasteiger partial charge in [-0.2, -0.15) is 16.7 Å². The van der Waals surface area contributed by atoms with E-state index in [-0.39, 0.29) is 0 Å². The summed E-state index contributed by atoms with van der Waals surface area (Å²) in [5.74, 6) is 2.82. The highest BCUT2D eigenvalue weighted by atomic mass is 32.2. The van der Waals surface area contributed by atoms with Crippen LogP contribution in [0.3, 0.4) is 0 Å². The summed E-state index contributed by atoms with van der Waals surface area (Å²) < 4.78 is 0. The molecule has 0 atom stereocenters. The molecule has 1 saturated heterocycles. The number of nitrogens with one attached hydrogen (secondary N) is 2. The van der Waals surface area contributed by atoms with Crippen LogP contribution in [-0.4, -0.2) is 54.7 Å². The Hall–Kier alpha value is -1.01. The lowest BCUT2D eigenvalue weighted by Gasteiger charge is -2.28. The summed E-state index contributed by atoms with van der Waals surface area (Å²) in [7, 11) is 0. The Bertz CT molecular complexity index is 340. The highest BCUT2D eigenvalue weighted by molar-refractivity contribution is 7.98. The second kappa shape index (κ2) is 6.66. The Morgan fingerprint density at radius 2 is 2.29 bits per heavy atom. The van der Waals surface area contributed by atoms with Gasteiger partial charge in [0.1, 0.15) is 5.82 Å². The molecule has 0 aromatic carbocycles. The summed E-state index contributed by atoms with van der Waals surface area (Å²) in [5, 5.41) is 6.58. The Balaban J connectivity index is 1.95. The Morgan fingerprint density at radius 1 is 1.47 bits per heavy atom. The average Bonchev–Trinajstić information content (AvgIpc) is 2.41. The second-order valence-corrected chi connectivity index (χ2v) is 4.88. The first-order chi connectivity index (χ1) is 8.40. The second-order valence-electron chi connectivity index (χ2n) is 3.90. The van der Waals surface area contributed by atoms with Crippen molar-refractivity contribution in [3.8, 4) is 0 Å². The molecule has 0 spiro atoms. The third-order valence-corrected chi connectivity index (χ3v) is 3.28. The largest absolute Gasteiger partial charge is 0.354 e. The molecule has 6 heteroatoms. The number of thioether (sulfide) groups is 1. The zero-order chi connectivity index (χ0) is 11.9. The highest BCUT2D eigenvalue weighted by Gasteiger charge is 2.11. The number of nitrogens with zero attached hydrogens (tertiary/aromatic N) is 3. The predicted octanol–water partition coefficient (Wildman–Crippen LogP) is 0.661. The van der Waals surface area contributed by atoms with Gasteiger partial charge in [0.25, 0.3) is 0 Å². The summed E-state index contributed by atoms with van der Waals surface area (Å²) in [6.45, 7) is 4.99. The van der Waals surface area contributed by atoms with Gasteiger partial charge in [0.15, 0.2) is 0 Å². The zero-order valence-electron chi connectivity index (χ0n) is 10.1. The van der Waals surface area contributed by atoms with Crippen LogP contribution in [0.5, 0.6) is 0 Å². The van der Waals surface area contributed by atoms with Gasteiger partial charge in [0, 0.05) is 44.7 Å². The van der Waals surface area contributed by atoms with Gasteiger partial charge in [-0.05, 0) is 12.3 Å². The molecule has 0 radical (unpaired) electrons. The van der Waals surface area contributed by atoms with E-state index in [1.165, 1.54) is 0 Å². The first-order valence-corrected chi connectivity index (χ1v) is 7.31. The monoisotopic (exact) mass is 253 g/mol. The minimum absolute atomic E-state index is 0.732. The fourth-order valence-electron chi connectivity index (χ4n) is 1.77. The van der Waals surface area contributed by atoms with Gasteiger partial charge < -0.3 is 15.5 Å². The Kier molecular flexibility index (Phi) is 4.88. The Morgan fingerprint density at radius 3 is 3.06 bits per heavy atom. The van der Waals surface area contributed by atoms with E-state index in [9.17, 15) is 0 Å². The molecule has 0 amide bonds. The van der Waals surface area contributed by atoms with Crippen molar-refractivity contribution in [2.24, 2.45) is 0 Å². The lowest BCUT2D eigenvalue weighted by atomic mass is 10.3. The molecule has 0 saturated carbocycles. The van der Waals surface area contributed by atoms with Crippen LogP contribution in [0.4, 0.5) is 11.8 Å². The highest BCUT2D eigenvalue weighted by Crippen LogP contribution is 2.12. The van der Waals surface area contributed by atoms with E-state index >= 15 is 0 Å². The molecular weight excluding hydrogens is 234 g/mol. The van der Waals surface area contributed by atoms with Crippen molar-refractivity contribution in [2.45, 2.75) is 0 Å². The smallest absolute Gasteiger partial charge is 0.224 e. The van der Waals surface area contributed by atoms with E-state index in [2.05, 4.69) is 31.8 Å². The molecule has 1 aromatic rings. The van der Waals surface area contributed by atoms with Gasteiger partial charge in [0.2, 0.25) is 5.95 Å². The molecule has 94 valence electrons. The van der Waals surface area contributed by atoms with Crippen molar-refractivity contribution in [3.63, 3.8) is 0 Å². The minimum atomic E-state index is 0.732. The molecule has 0 bridgehead atoms. The average molecular weight is 253 g/mol. The molecule has 2 N–H and O–H groups in total. The van der Waals surface area contributed by atoms with Gasteiger partial charge in [-0.15, -0.1) is 0 Å². The van der Waals surface area contributed by atoms with Gasteiger partial charge >= 0.3 is 0 Å². The number of aromatic nitrogens is 2. The van der Waals surface area contributed by atoms with Crippen molar-refractivity contribution in [2.75, 3.05) is 54.9 Å². The van der Waals surface area contributed by atoms with Crippen LogP contribution in [0.15, 0.2) is 12.3 Å². The number of piperazine rings is 1. The van der Waals surface area contributed by atoms with Crippen LogP contribution in [0.2, 0.25) is 0 Å². The van der Waals surface area contributed by atoms with E-state index in [1.807, 2.05) is 24.0 Å². The molecule has 0 aliphatic carbocycles. The fourth-order valence-corrected chi connectivity index (χ4v) is 2.08. The van der Waals surface area contributed by atoms with Crippen LogP contribution in [0.25, 0.3) is 0 Å². The topological polar surface area (TPSA) is 53.1 Å². The van der Waals surface area contributed by atoms with Gasteiger partial charge in [0.05, 0.1) is 0 Å². The summed E-state index contributed by atoms with van der Waals surface area (Å²) in [4.78, 5) is 11.1. The Labute approximate surface area is 106 Å². The van der Waals surface area contributed by atoms with Crippen molar-refractivity contribution < 1.29 is 0 Å². The summed E-state index contributed by atoms with van der Waals surface area (Å²) in [6.07, 6.45) is 3.92. The molecule has 2 rings (SSSR count). The normalized spacial score (nSPS) is 15.9. The molecule has 2 heterocycles. The lowest BCUT2D eigenvalue weighted by molar-refractivity contribution is 0.585. The zero-order valence-corrected chi connectivity index (χ0v) is 11.0. The maximum Gasteiger partial charge on any atom is 0.224 e. The van der Waals surface area contributed by atoms with Gasteiger partial charge in [-0.25, -0.2) is 4.98 Å². The maximum atomic E-state index is 4.53. The number of rotatable bonds is 5. The maximum absolute atomic E-state index is 4.53. The molecule has 1 aliphatic rings. The molecule has 1 fully saturated rings. The molecular formula is C11H19N5S. The summed E-state index contributed by atoms with van der Waals surface area (Å²) in [5.41, 5.74) is 0. The van der Waals surface area contributed by atoms with Crippen LogP contribution in [-0.2, 0) is 0 Å². The molecule has 1 aromatic heterocycles. The molecule has 1 aliphatic heterocycles. The van der Waals surface area contributed by atoms with Crippen molar-refractivity contribution >= 4 is 23.5 Å². The standard InChI is InChI=1S/C11H19N5S/c1-17-9-6-14-11-13-3-2-10(15-11)16-7-4-12-5-8-16/h2-3,12H,4-9H2,1H3,(H,13,14,15). The summed E-state index contributed by atoms with van der Waals surface area (Å²) >= 11 is 1.82. The van der Waals surface area contributed by atoms with E-state index < -0.39 is 0 Å². The van der Waals surface area contributed by atoms with Gasteiger partial charge in [-0.3, -0.25) is 0 Å². The number of anilines is 2. The van der Waals surface area contributed by atoms with E-state index in [0.29, 0.717) is 0 Å². The lowest BCUT2D eigenvalue weighted by Crippen LogP contribution is -2.43. The number of hydrogen-bond acceptors (Lipinski definition) is 6. The minimum Gasteiger partial charge on any atom is -0.354 e. The molecule has 5 nitrogen and oxygen atoms in total. The molecule has 17 heavy (non-hydrogen) atoms. The fraction of sp³-hybridized carbons (Fsp3) is 0.636. The van der Waals surface area contributed by atoms with E-state index in [4.69, 9.17) is 0 Å². The quantitative estimate of drug-likeness (QED) is 0.752. The van der Waals surface area contributed by atoms with Crippen LogP contribution < -0.4 is 15.5 Å². The van der Waals surface area contributed by atoms with Crippen LogP contribution >= 0.6 is 11.8 Å². The van der Waals surface area contributed by atoms with E-state index in [0.717, 1.165) is 50.2 Å². The van der Waals surface area contributed by atoms with Crippen molar-refractivity contribution in [3.05, 3.63) is 12.3 Å². The molecule has 0 unspecified atom stereocenters. The first kappa shape index (κ1) is 12.4.